The van der Waals surface area contributed by atoms with Crippen LogP contribution in [-0.4, -0.2) is 25.4 Å². The van der Waals surface area contributed by atoms with Crippen LogP contribution in [0.2, 0.25) is 0 Å². The summed E-state index contributed by atoms with van der Waals surface area (Å²) >= 11 is 0. The quantitative estimate of drug-likeness (QED) is 0.627. The van der Waals surface area contributed by atoms with Crippen molar-refractivity contribution in [2.45, 2.75) is 31.2 Å². The number of pyridine rings is 1. The molecule has 2 aromatic carbocycles. The molecule has 0 radical (unpaired) electrons. The van der Waals surface area contributed by atoms with Crippen molar-refractivity contribution in [3.05, 3.63) is 89.7 Å². The third-order valence-corrected chi connectivity index (χ3v) is 5.99. The van der Waals surface area contributed by atoms with Crippen LogP contribution in [0.15, 0.2) is 78.0 Å². The first-order chi connectivity index (χ1) is 13.8. The second kappa shape index (κ2) is 8.98. The van der Waals surface area contributed by atoms with E-state index in [9.17, 15) is 13.2 Å². The Hall–Kier alpha value is -3.03. The third-order valence-electron chi connectivity index (χ3n) is 4.44. The van der Waals surface area contributed by atoms with Gasteiger partial charge < -0.3 is 5.32 Å². The van der Waals surface area contributed by atoms with Gasteiger partial charge in [0.1, 0.15) is 0 Å². The number of carbonyl (C=O) groups is 1. The molecule has 6 nitrogen and oxygen atoms in total. The fourth-order valence-corrected chi connectivity index (χ4v) is 3.97. The molecule has 0 fully saturated rings. The number of anilines is 1. The predicted molar refractivity (Wildman–Crippen MR) is 113 cm³/mol. The van der Waals surface area contributed by atoms with E-state index in [1.807, 2.05) is 31.2 Å². The Bertz CT molecular complexity index is 1060. The van der Waals surface area contributed by atoms with Gasteiger partial charge in [0, 0.05) is 18.1 Å². The Morgan fingerprint density at radius 2 is 1.52 bits per heavy atom. The molecule has 1 amide bonds. The zero-order valence-corrected chi connectivity index (χ0v) is 17.1. The summed E-state index contributed by atoms with van der Waals surface area (Å²) in [4.78, 5) is 16.5. The van der Waals surface area contributed by atoms with Crippen LogP contribution < -0.4 is 10.0 Å². The number of sulfonamides is 1. The summed E-state index contributed by atoms with van der Waals surface area (Å²) in [6, 6.07) is 16.9. The summed E-state index contributed by atoms with van der Waals surface area (Å²) in [6.07, 6.45) is 4.27. The number of nitrogens with zero attached hydrogens (tertiary/aromatic N) is 1. The van der Waals surface area contributed by atoms with Gasteiger partial charge in [-0.15, -0.1) is 0 Å². The van der Waals surface area contributed by atoms with Crippen LogP contribution in [0.5, 0.6) is 0 Å². The van der Waals surface area contributed by atoms with Gasteiger partial charge in [-0.25, -0.2) is 8.42 Å². The fraction of sp³-hybridized carbons (Fsp3) is 0.182. The van der Waals surface area contributed by atoms with Crippen molar-refractivity contribution in [2.75, 3.05) is 5.32 Å². The van der Waals surface area contributed by atoms with E-state index in [1.54, 1.807) is 36.7 Å². The summed E-state index contributed by atoms with van der Waals surface area (Å²) in [7, 11) is -3.77. The maximum atomic E-state index is 12.4. The minimum Gasteiger partial charge on any atom is -0.325 e. The van der Waals surface area contributed by atoms with E-state index in [4.69, 9.17) is 0 Å². The van der Waals surface area contributed by atoms with Gasteiger partial charge in [0.25, 0.3) is 0 Å². The second-order valence-corrected chi connectivity index (χ2v) is 8.59. The van der Waals surface area contributed by atoms with E-state index in [-0.39, 0.29) is 4.90 Å². The average molecular weight is 410 g/mol. The molecule has 0 spiro atoms. The van der Waals surface area contributed by atoms with Crippen molar-refractivity contribution >= 4 is 21.6 Å². The van der Waals surface area contributed by atoms with E-state index in [1.165, 1.54) is 19.1 Å². The lowest BCUT2D eigenvalue weighted by Gasteiger charge is -2.15. The minimum atomic E-state index is -3.77. The van der Waals surface area contributed by atoms with Gasteiger partial charge >= 0.3 is 0 Å². The highest BCUT2D eigenvalue weighted by Gasteiger charge is 2.22. The molecule has 1 aromatic heterocycles. The first-order valence-electron chi connectivity index (χ1n) is 9.21. The second-order valence-electron chi connectivity index (χ2n) is 6.87. The van der Waals surface area contributed by atoms with Gasteiger partial charge in [-0.05, 0) is 67.8 Å². The molecule has 0 bridgehead atoms. The van der Waals surface area contributed by atoms with Crippen molar-refractivity contribution in [3.63, 3.8) is 0 Å². The van der Waals surface area contributed by atoms with Crippen LogP contribution in [0.3, 0.4) is 0 Å². The van der Waals surface area contributed by atoms with E-state index in [2.05, 4.69) is 15.0 Å². The van der Waals surface area contributed by atoms with E-state index >= 15 is 0 Å². The Morgan fingerprint density at radius 3 is 2.14 bits per heavy atom. The summed E-state index contributed by atoms with van der Waals surface area (Å²) in [6.45, 7) is 3.39. The molecule has 0 saturated heterocycles. The summed E-state index contributed by atoms with van der Waals surface area (Å²) in [5.74, 6) is -0.428. The van der Waals surface area contributed by atoms with E-state index < -0.39 is 22.0 Å². The van der Waals surface area contributed by atoms with E-state index in [0.717, 1.165) is 23.1 Å². The lowest BCUT2D eigenvalue weighted by atomic mass is 10.1. The molecule has 3 rings (SSSR count). The number of benzene rings is 2. The molecule has 29 heavy (non-hydrogen) atoms. The lowest BCUT2D eigenvalue weighted by Crippen LogP contribution is -2.41. The molecular weight excluding hydrogens is 386 g/mol. The molecular formula is C22H23N3O3S. The summed E-state index contributed by atoms with van der Waals surface area (Å²) < 4.78 is 27.3. The standard InChI is InChI=1S/C22H23N3O3S/c1-16-3-9-21(10-4-16)29(27,28)25-17(2)22(26)24-20-7-5-18(6-8-20)15-19-11-13-23-14-12-19/h3-14,17,25H,15H2,1-2H3,(H,24,26)/t17-/m0/s1. The highest BCUT2D eigenvalue weighted by molar-refractivity contribution is 7.89. The molecule has 1 atom stereocenters. The topological polar surface area (TPSA) is 88.2 Å². The first-order valence-corrected chi connectivity index (χ1v) is 10.7. The van der Waals surface area contributed by atoms with E-state index in [0.29, 0.717) is 5.69 Å². The molecule has 0 aliphatic carbocycles. The van der Waals surface area contributed by atoms with Crippen LogP contribution in [0.25, 0.3) is 0 Å². The monoisotopic (exact) mass is 409 g/mol. The molecule has 2 N–H and O–H groups in total. The number of rotatable bonds is 7. The van der Waals surface area contributed by atoms with Gasteiger partial charge in [-0.2, -0.15) is 4.72 Å². The number of nitrogens with one attached hydrogen (secondary N) is 2. The van der Waals surface area contributed by atoms with Crippen LogP contribution in [0, 0.1) is 6.92 Å². The molecule has 7 heteroatoms. The van der Waals surface area contributed by atoms with Gasteiger partial charge in [0.15, 0.2) is 0 Å². The maximum absolute atomic E-state index is 12.4. The number of aryl methyl sites for hydroxylation is 1. The van der Waals surface area contributed by atoms with Crippen molar-refractivity contribution in [1.82, 2.24) is 9.71 Å². The summed E-state index contributed by atoms with van der Waals surface area (Å²) in [5.41, 5.74) is 3.82. The molecule has 0 aliphatic heterocycles. The third kappa shape index (κ3) is 5.73. The Kier molecular flexibility index (Phi) is 6.41. The lowest BCUT2D eigenvalue weighted by molar-refractivity contribution is -0.117. The molecule has 0 aliphatic rings. The largest absolute Gasteiger partial charge is 0.325 e. The highest BCUT2D eigenvalue weighted by atomic mass is 32.2. The first kappa shape index (κ1) is 20.7. The molecule has 3 aromatic rings. The van der Waals surface area contributed by atoms with Gasteiger partial charge in [0.2, 0.25) is 15.9 Å². The van der Waals surface area contributed by atoms with Crippen molar-refractivity contribution in [2.24, 2.45) is 0 Å². The summed E-state index contributed by atoms with van der Waals surface area (Å²) in [5, 5.41) is 2.74. The predicted octanol–water partition coefficient (Wildman–Crippen LogP) is 3.29. The number of carbonyl (C=O) groups excluding carboxylic acids is 1. The van der Waals surface area contributed by atoms with Crippen LogP contribution in [0.1, 0.15) is 23.6 Å². The maximum Gasteiger partial charge on any atom is 0.242 e. The SMILES string of the molecule is Cc1ccc(S(=O)(=O)N[C@@H](C)C(=O)Nc2ccc(Cc3ccncc3)cc2)cc1. The Labute approximate surface area is 171 Å². The van der Waals surface area contributed by atoms with Gasteiger partial charge in [0.05, 0.1) is 10.9 Å². The number of hydrogen-bond donors (Lipinski definition) is 2. The molecule has 150 valence electrons. The Balaban J connectivity index is 1.59. The van der Waals surface area contributed by atoms with Gasteiger partial charge in [-0.3, -0.25) is 9.78 Å². The Morgan fingerprint density at radius 1 is 0.931 bits per heavy atom. The van der Waals surface area contributed by atoms with Crippen LogP contribution in [-0.2, 0) is 21.2 Å². The molecule has 1 heterocycles. The number of amides is 1. The highest BCUT2D eigenvalue weighted by Crippen LogP contribution is 2.14. The zero-order valence-electron chi connectivity index (χ0n) is 16.3. The number of hydrogen-bond acceptors (Lipinski definition) is 4. The van der Waals surface area contributed by atoms with Crippen molar-refractivity contribution in [3.8, 4) is 0 Å². The normalized spacial score (nSPS) is 12.3. The van der Waals surface area contributed by atoms with Crippen LogP contribution >= 0.6 is 0 Å². The van der Waals surface area contributed by atoms with Crippen molar-refractivity contribution < 1.29 is 13.2 Å². The average Bonchev–Trinajstić information content (AvgIpc) is 2.70. The van der Waals surface area contributed by atoms with Gasteiger partial charge in [-0.1, -0.05) is 29.8 Å². The number of aromatic nitrogens is 1. The molecule has 0 unspecified atom stereocenters. The molecule has 0 saturated carbocycles. The van der Waals surface area contributed by atoms with Crippen LogP contribution in [0.4, 0.5) is 5.69 Å². The minimum absolute atomic E-state index is 0.128. The smallest absolute Gasteiger partial charge is 0.242 e. The van der Waals surface area contributed by atoms with Crippen molar-refractivity contribution in [1.29, 1.82) is 0 Å². The fourth-order valence-electron chi connectivity index (χ4n) is 2.76. The zero-order chi connectivity index (χ0) is 20.9.